The van der Waals surface area contributed by atoms with Crippen LogP contribution >= 0.6 is 0 Å². The summed E-state index contributed by atoms with van der Waals surface area (Å²) in [5.41, 5.74) is 1.29. The normalized spacial score (nSPS) is 9.93. The van der Waals surface area contributed by atoms with Gasteiger partial charge in [-0.25, -0.2) is 4.39 Å². The van der Waals surface area contributed by atoms with Crippen LogP contribution in [0.1, 0.15) is 28.4 Å². The maximum atomic E-state index is 13.0. The van der Waals surface area contributed by atoms with Gasteiger partial charge in [-0.2, -0.15) is 0 Å². The van der Waals surface area contributed by atoms with Crippen molar-refractivity contribution in [1.29, 1.82) is 0 Å². The Balaban J connectivity index is 3.19. The van der Waals surface area contributed by atoms with E-state index in [1.165, 1.54) is 13.0 Å². The second-order valence-electron chi connectivity index (χ2n) is 3.30. The molecule has 0 spiro atoms. The highest BCUT2D eigenvalue weighted by molar-refractivity contribution is 5.84. The van der Waals surface area contributed by atoms with E-state index in [4.69, 9.17) is 0 Å². The lowest BCUT2D eigenvalue weighted by molar-refractivity contribution is -0.116. The first kappa shape index (κ1) is 10.6. The van der Waals surface area contributed by atoms with Crippen LogP contribution in [0.3, 0.4) is 0 Å². The van der Waals surface area contributed by atoms with Crippen molar-refractivity contribution in [1.82, 2.24) is 0 Å². The number of hydrogen-bond donors (Lipinski definition) is 0. The Morgan fingerprint density at radius 2 is 2.14 bits per heavy atom. The molecule has 0 aliphatic carbocycles. The third-order valence-electron chi connectivity index (χ3n) is 1.99. The topological polar surface area (TPSA) is 34.1 Å². The van der Waals surface area contributed by atoms with Crippen LogP contribution in [-0.4, -0.2) is 12.1 Å². The molecule has 2 nitrogen and oxygen atoms in total. The van der Waals surface area contributed by atoms with Gasteiger partial charge in [-0.15, -0.1) is 0 Å². The zero-order valence-electron chi connectivity index (χ0n) is 8.13. The summed E-state index contributed by atoms with van der Waals surface area (Å²) in [6.45, 7) is 3.04. The predicted octanol–water partition coefficient (Wildman–Crippen LogP) is 2.08. The second kappa shape index (κ2) is 4.13. The van der Waals surface area contributed by atoms with Gasteiger partial charge < -0.3 is 0 Å². The molecule has 0 aromatic heterocycles. The number of ketones is 1. The van der Waals surface area contributed by atoms with Crippen molar-refractivity contribution in [2.75, 3.05) is 0 Å². The molecule has 0 bridgehead atoms. The van der Waals surface area contributed by atoms with E-state index in [9.17, 15) is 14.0 Å². The molecule has 1 aromatic rings. The number of aldehydes is 1. The lowest BCUT2D eigenvalue weighted by Crippen LogP contribution is -2.02. The lowest BCUT2D eigenvalue weighted by atomic mass is 10.0. The minimum atomic E-state index is -0.417. The van der Waals surface area contributed by atoms with Gasteiger partial charge in [-0.05, 0) is 31.0 Å². The van der Waals surface area contributed by atoms with Gasteiger partial charge in [-0.1, -0.05) is 6.07 Å². The molecule has 0 unspecified atom stereocenters. The number of carbonyl (C=O) groups is 2. The molecular formula is C11H11FO2. The number of Topliss-reactive ketones (excluding diaryl/α,β-unsaturated/α-hetero) is 1. The van der Waals surface area contributed by atoms with Crippen molar-refractivity contribution in [2.24, 2.45) is 0 Å². The summed E-state index contributed by atoms with van der Waals surface area (Å²) in [6, 6.07) is 2.71. The zero-order chi connectivity index (χ0) is 10.7. The fraction of sp³-hybridized carbons (Fsp3) is 0.273. The summed E-state index contributed by atoms with van der Waals surface area (Å²) in [5.74, 6) is -0.460. The molecule has 14 heavy (non-hydrogen) atoms. The number of benzene rings is 1. The van der Waals surface area contributed by atoms with Gasteiger partial charge in [0, 0.05) is 12.0 Å². The van der Waals surface area contributed by atoms with Gasteiger partial charge in [0.15, 0.2) is 0 Å². The van der Waals surface area contributed by atoms with E-state index in [0.29, 0.717) is 17.4 Å². The van der Waals surface area contributed by atoms with Crippen molar-refractivity contribution in [3.8, 4) is 0 Å². The molecular weight excluding hydrogens is 183 g/mol. The highest BCUT2D eigenvalue weighted by Gasteiger charge is 2.08. The summed E-state index contributed by atoms with van der Waals surface area (Å²) >= 11 is 0. The van der Waals surface area contributed by atoms with Crippen LogP contribution in [0, 0.1) is 12.7 Å². The highest BCUT2D eigenvalue weighted by Crippen LogP contribution is 2.14. The Kier molecular flexibility index (Phi) is 3.12. The van der Waals surface area contributed by atoms with Crippen LogP contribution in [0.15, 0.2) is 12.1 Å². The average Bonchev–Trinajstić information content (AvgIpc) is 2.10. The summed E-state index contributed by atoms with van der Waals surface area (Å²) in [6.07, 6.45) is 0.746. The van der Waals surface area contributed by atoms with E-state index < -0.39 is 5.82 Å². The third kappa shape index (κ3) is 2.25. The molecule has 0 fully saturated rings. The van der Waals surface area contributed by atoms with E-state index in [2.05, 4.69) is 0 Å². The van der Waals surface area contributed by atoms with Crippen LogP contribution < -0.4 is 0 Å². The van der Waals surface area contributed by atoms with Crippen LogP contribution in [0.4, 0.5) is 4.39 Å². The third-order valence-corrected chi connectivity index (χ3v) is 1.99. The number of carbonyl (C=O) groups excluding carboxylic acids is 2. The van der Waals surface area contributed by atoms with Gasteiger partial charge in [0.2, 0.25) is 0 Å². The first-order chi connectivity index (χ1) is 6.54. The Hall–Kier alpha value is -1.51. The van der Waals surface area contributed by atoms with E-state index in [1.54, 1.807) is 13.0 Å². The number of halogens is 1. The summed E-state index contributed by atoms with van der Waals surface area (Å²) in [4.78, 5) is 21.5. The van der Waals surface area contributed by atoms with Crippen molar-refractivity contribution >= 4 is 12.1 Å². The SMILES string of the molecule is CC(=O)Cc1cc(C)c(F)cc1C=O. The molecule has 0 atom stereocenters. The maximum absolute atomic E-state index is 13.0. The summed E-state index contributed by atoms with van der Waals surface area (Å²) in [7, 11) is 0. The largest absolute Gasteiger partial charge is 0.300 e. The number of rotatable bonds is 3. The van der Waals surface area contributed by atoms with E-state index >= 15 is 0 Å². The Labute approximate surface area is 81.7 Å². The van der Waals surface area contributed by atoms with E-state index in [-0.39, 0.29) is 17.8 Å². The fourth-order valence-electron chi connectivity index (χ4n) is 1.29. The minimum Gasteiger partial charge on any atom is -0.300 e. The van der Waals surface area contributed by atoms with Crippen molar-refractivity contribution in [3.63, 3.8) is 0 Å². The molecule has 1 rings (SSSR count). The van der Waals surface area contributed by atoms with Crippen LogP contribution in [0.25, 0.3) is 0 Å². The Bertz CT molecular complexity index is 383. The quantitative estimate of drug-likeness (QED) is 0.690. The molecule has 0 heterocycles. The molecule has 0 saturated carbocycles. The van der Waals surface area contributed by atoms with Gasteiger partial charge in [0.05, 0.1) is 0 Å². The Morgan fingerprint density at radius 1 is 1.50 bits per heavy atom. The molecule has 3 heteroatoms. The monoisotopic (exact) mass is 194 g/mol. The standard InChI is InChI=1S/C11H11FO2/c1-7-3-9(4-8(2)14)10(6-13)5-11(7)12/h3,5-6H,4H2,1-2H3. The van der Waals surface area contributed by atoms with E-state index in [1.807, 2.05) is 0 Å². The van der Waals surface area contributed by atoms with Crippen molar-refractivity contribution < 1.29 is 14.0 Å². The highest BCUT2D eigenvalue weighted by atomic mass is 19.1. The van der Waals surface area contributed by atoms with Crippen LogP contribution in [0.5, 0.6) is 0 Å². The van der Waals surface area contributed by atoms with Gasteiger partial charge in [0.25, 0.3) is 0 Å². The fourth-order valence-corrected chi connectivity index (χ4v) is 1.29. The number of aryl methyl sites for hydroxylation is 1. The first-order valence-corrected chi connectivity index (χ1v) is 4.28. The molecule has 1 aromatic carbocycles. The van der Waals surface area contributed by atoms with Crippen LogP contribution in [-0.2, 0) is 11.2 Å². The van der Waals surface area contributed by atoms with Crippen LogP contribution in [0.2, 0.25) is 0 Å². The van der Waals surface area contributed by atoms with E-state index in [0.717, 1.165) is 0 Å². The molecule has 0 saturated heterocycles. The lowest BCUT2D eigenvalue weighted by Gasteiger charge is -2.04. The smallest absolute Gasteiger partial charge is 0.150 e. The first-order valence-electron chi connectivity index (χ1n) is 4.28. The molecule has 0 radical (unpaired) electrons. The molecule has 0 aliphatic rings. The second-order valence-corrected chi connectivity index (χ2v) is 3.30. The van der Waals surface area contributed by atoms with Crippen molar-refractivity contribution in [3.05, 3.63) is 34.6 Å². The number of hydrogen-bond acceptors (Lipinski definition) is 2. The molecule has 0 amide bonds. The zero-order valence-corrected chi connectivity index (χ0v) is 8.13. The van der Waals surface area contributed by atoms with Gasteiger partial charge >= 0.3 is 0 Å². The van der Waals surface area contributed by atoms with Gasteiger partial charge in [0.1, 0.15) is 17.9 Å². The molecule has 74 valence electrons. The maximum Gasteiger partial charge on any atom is 0.150 e. The Morgan fingerprint density at radius 3 is 2.64 bits per heavy atom. The molecule has 0 N–H and O–H groups in total. The predicted molar refractivity (Wildman–Crippen MR) is 50.9 cm³/mol. The minimum absolute atomic E-state index is 0.0425. The average molecular weight is 194 g/mol. The summed E-state index contributed by atoms with van der Waals surface area (Å²) in [5, 5.41) is 0. The van der Waals surface area contributed by atoms with Crippen molar-refractivity contribution in [2.45, 2.75) is 20.3 Å². The van der Waals surface area contributed by atoms with Gasteiger partial charge in [-0.3, -0.25) is 9.59 Å². The molecule has 0 aliphatic heterocycles. The summed E-state index contributed by atoms with van der Waals surface area (Å²) < 4.78 is 13.0.